The largest absolute Gasteiger partial charge is 0.480 e. The number of hydrogen-bond acceptors (Lipinski definition) is 2. The smallest absolute Gasteiger partial charge is 0.322 e. The topological polar surface area (TPSA) is 82.2 Å². The summed E-state index contributed by atoms with van der Waals surface area (Å²) in [6.07, 6.45) is 0. The van der Waals surface area contributed by atoms with Crippen LogP contribution in [-0.4, -0.2) is 28.5 Å². The van der Waals surface area contributed by atoms with E-state index in [1.807, 2.05) is 0 Å². The lowest BCUT2D eigenvalue weighted by atomic mass is 10.1. The number of fused-ring (bicyclic) bond motifs is 1. The number of benzene rings is 1. The summed E-state index contributed by atoms with van der Waals surface area (Å²) in [7, 11) is 0. The summed E-state index contributed by atoms with van der Waals surface area (Å²) in [5.41, 5.74) is 1.47. The molecule has 0 bridgehead atoms. The van der Waals surface area contributed by atoms with Gasteiger partial charge in [-0.15, -0.1) is 0 Å². The lowest BCUT2D eigenvalue weighted by Crippen LogP contribution is -2.29. The van der Waals surface area contributed by atoms with Crippen molar-refractivity contribution in [2.24, 2.45) is 0 Å². The third kappa shape index (κ3) is 2.17. The van der Waals surface area contributed by atoms with Crippen LogP contribution in [0.4, 0.5) is 4.39 Å². The standard InChI is InChI=1S/C12H11FN2O3/c1-6-11(12(18)14-5-10(16)17)8-4-7(13)2-3-9(8)15-6/h2-4,15H,5H2,1H3,(H,14,18)(H,16,17). The van der Waals surface area contributed by atoms with Crippen molar-refractivity contribution in [3.8, 4) is 0 Å². The Hall–Kier alpha value is -2.37. The molecule has 3 N–H and O–H groups in total. The normalized spacial score (nSPS) is 10.6. The maximum atomic E-state index is 13.2. The molecule has 0 aliphatic heterocycles. The molecule has 0 aliphatic rings. The van der Waals surface area contributed by atoms with E-state index in [1.54, 1.807) is 6.92 Å². The van der Waals surface area contributed by atoms with Gasteiger partial charge in [0.05, 0.1) is 5.56 Å². The highest BCUT2D eigenvalue weighted by Gasteiger charge is 2.16. The van der Waals surface area contributed by atoms with Crippen molar-refractivity contribution in [1.82, 2.24) is 10.3 Å². The number of aromatic amines is 1. The Labute approximate surface area is 102 Å². The van der Waals surface area contributed by atoms with E-state index in [0.717, 1.165) is 0 Å². The molecular formula is C12H11FN2O3. The van der Waals surface area contributed by atoms with Crippen LogP contribution in [0.5, 0.6) is 0 Å². The van der Waals surface area contributed by atoms with Crippen molar-refractivity contribution in [3.63, 3.8) is 0 Å². The fraction of sp³-hybridized carbons (Fsp3) is 0.167. The first kappa shape index (κ1) is 12.1. The number of H-pyrrole nitrogens is 1. The number of carbonyl (C=O) groups excluding carboxylic acids is 1. The first-order chi connectivity index (χ1) is 8.49. The van der Waals surface area contributed by atoms with Crippen LogP contribution >= 0.6 is 0 Å². The predicted octanol–water partition coefficient (Wildman–Crippen LogP) is 1.43. The van der Waals surface area contributed by atoms with Crippen molar-refractivity contribution in [2.45, 2.75) is 6.92 Å². The zero-order valence-corrected chi connectivity index (χ0v) is 9.58. The second-order valence-corrected chi connectivity index (χ2v) is 3.89. The number of halogens is 1. The van der Waals surface area contributed by atoms with Crippen molar-refractivity contribution < 1.29 is 19.1 Å². The summed E-state index contributed by atoms with van der Waals surface area (Å²) >= 11 is 0. The van der Waals surface area contributed by atoms with Crippen LogP contribution < -0.4 is 5.32 Å². The minimum Gasteiger partial charge on any atom is -0.480 e. The molecule has 0 saturated carbocycles. The number of rotatable bonds is 3. The molecule has 0 unspecified atom stereocenters. The van der Waals surface area contributed by atoms with Gasteiger partial charge in [-0.2, -0.15) is 0 Å². The summed E-state index contributed by atoms with van der Waals surface area (Å²) in [5.74, 6) is -2.12. The number of hydrogen-bond donors (Lipinski definition) is 3. The molecule has 0 aliphatic carbocycles. The Morgan fingerprint density at radius 3 is 2.83 bits per heavy atom. The maximum Gasteiger partial charge on any atom is 0.322 e. The molecule has 1 aromatic heterocycles. The molecule has 1 heterocycles. The Balaban J connectivity index is 2.43. The number of aromatic nitrogens is 1. The average molecular weight is 250 g/mol. The zero-order chi connectivity index (χ0) is 13.3. The number of carboxylic acid groups (broad SMARTS) is 1. The van der Waals surface area contributed by atoms with Gasteiger partial charge in [0.2, 0.25) is 0 Å². The van der Waals surface area contributed by atoms with Crippen LogP contribution in [0.3, 0.4) is 0 Å². The Morgan fingerprint density at radius 2 is 2.17 bits per heavy atom. The molecule has 5 nitrogen and oxygen atoms in total. The summed E-state index contributed by atoms with van der Waals surface area (Å²) in [5, 5.41) is 11.2. The van der Waals surface area contributed by atoms with Gasteiger partial charge in [0.25, 0.3) is 5.91 Å². The molecule has 1 aromatic carbocycles. The SMILES string of the molecule is Cc1[nH]c2ccc(F)cc2c1C(=O)NCC(=O)O. The molecule has 2 aromatic rings. The van der Waals surface area contributed by atoms with Gasteiger partial charge in [-0.25, -0.2) is 4.39 Å². The highest BCUT2D eigenvalue weighted by atomic mass is 19.1. The monoisotopic (exact) mass is 250 g/mol. The summed E-state index contributed by atoms with van der Waals surface area (Å²) in [6.45, 7) is 1.20. The third-order valence-corrected chi connectivity index (χ3v) is 2.58. The van der Waals surface area contributed by atoms with Crippen LogP contribution in [0.2, 0.25) is 0 Å². The minimum atomic E-state index is -1.13. The van der Waals surface area contributed by atoms with Crippen LogP contribution in [0.25, 0.3) is 10.9 Å². The lowest BCUT2D eigenvalue weighted by molar-refractivity contribution is -0.135. The van der Waals surface area contributed by atoms with Gasteiger partial charge in [-0.05, 0) is 25.1 Å². The molecule has 0 spiro atoms. The first-order valence-corrected chi connectivity index (χ1v) is 5.27. The van der Waals surface area contributed by atoms with Crippen LogP contribution in [0.1, 0.15) is 16.1 Å². The van der Waals surface area contributed by atoms with E-state index in [9.17, 15) is 14.0 Å². The molecule has 6 heteroatoms. The van der Waals surface area contributed by atoms with Crippen molar-refractivity contribution >= 4 is 22.8 Å². The fourth-order valence-corrected chi connectivity index (χ4v) is 1.84. The predicted molar refractivity (Wildman–Crippen MR) is 63.0 cm³/mol. The number of aliphatic carboxylic acids is 1. The van der Waals surface area contributed by atoms with E-state index in [0.29, 0.717) is 16.6 Å². The zero-order valence-electron chi connectivity index (χ0n) is 9.58. The summed E-state index contributed by atoms with van der Waals surface area (Å²) in [6, 6.07) is 4.07. The van der Waals surface area contributed by atoms with Crippen LogP contribution in [0.15, 0.2) is 18.2 Å². The molecular weight excluding hydrogens is 239 g/mol. The highest BCUT2D eigenvalue weighted by Crippen LogP contribution is 2.22. The quantitative estimate of drug-likeness (QED) is 0.770. The molecule has 0 fully saturated rings. The van der Waals surface area contributed by atoms with Gasteiger partial charge in [0.1, 0.15) is 12.4 Å². The number of amides is 1. The van der Waals surface area contributed by atoms with Crippen molar-refractivity contribution in [2.75, 3.05) is 6.54 Å². The van der Waals surface area contributed by atoms with Crippen molar-refractivity contribution in [3.05, 3.63) is 35.3 Å². The molecule has 94 valence electrons. The Bertz CT molecular complexity index is 634. The van der Waals surface area contributed by atoms with Crippen molar-refractivity contribution in [1.29, 1.82) is 0 Å². The molecule has 0 saturated heterocycles. The minimum absolute atomic E-state index is 0.269. The van der Waals surface area contributed by atoms with E-state index < -0.39 is 24.2 Å². The van der Waals surface area contributed by atoms with Gasteiger partial charge in [-0.3, -0.25) is 9.59 Å². The molecule has 18 heavy (non-hydrogen) atoms. The van der Waals surface area contributed by atoms with Gasteiger partial charge < -0.3 is 15.4 Å². The summed E-state index contributed by atoms with van der Waals surface area (Å²) < 4.78 is 13.2. The Kier molecular flexibility index (Phi) is 3.01. The second-order valence-electron chi connectivity index (χ2n) is 3.89. The van der Waals surface area contributed by atoms with Crippen LogP contribution in [0, 0.1) is 12.7 Å². The number of carboxylic acids is 1. The third-order valence-electron chi connectivity index (χ3n) is 2.58. The number of nitrogens with one attached hydrogen (secondary N) is 2. The van der Waals surface area contributed by atoms with E-state index in [1.165, 1.54) is 18.2 Å². The molecule has 2 rings (SSSR count). The fourth-order valence-electron chi connectivity index (χ4n) is 1.84. The van der Waals surface area contributed by atoms with Gasteiger partial charge in [-0.1, -0.05) is 0 Å². The van der Waals surface area contributed by atoms with E-state index >= 15 is 0 Å². The molecule has 1 amide bonds. The van der Waals surface area contributed by atoms with Gasteiger partial charge >= 0.3 is 5.97 Å². The average Bonchev–Trinajstić information content (AvgIpc) is 2.61. The maximum absolute atomic E-state index is 13.2. The number of aryl methyl sites for hydroxylation is 1. The van der Waals surface area contributed by atoms with E-state index in [4.69, 9.17) is 5.11 Å². The van der Waals surface area contributed by atoms with E-state index in [-0.39, 0.29) is 5.56 Å². The number of carbonyl (C=O) groups is 2. The van der Waals surface area contributed by atoms with Gasteiger partial charge in [0, 0.05) is 16.6 Å². The first-order valence-electron chi connectivity index (χ1n) is 5.27. The molecule has 0 radical (unpaired) electrons. The summed E-state index contributed by atoms with van der Waals surface area (Å²) in [4.78, 5) is 25.2. The second kappa shape index (κ2) is 4.48. The van der Waals surface area contributed by atoms with Crippen LogP contribution in [-0.2, 0) is 4.79 Å². The Morgan fingerprint density at radius 1 is 1.44 bits per heavy atom. The molecule has 0 atom stereocenters. The highest BCUT2D eigenvalue weighted by molar-refractivity contribution is 6.08. The lowest BCUT2D eigenvalue weighted by Gasteiger charge is -2.02. The van der Waals surface area contributed by atoms with Gasteiger partial charge in [0.15, 0.2) is 0 Å². The van der Waals surface area contributed by atoms with E-state index in [2.05, 4.69) is 10.3 Å².